The van der Waals surface area contributed by atoms with Gasteiger partial charge in [-0.2, -0.15) is 0 Å². The summed E-state index contributed by atoms with van der Waals surface area (Å²) < 4.78 is 5.82. The molecule has 76 valence electrons. The minimum absolute atomic E-state index is 0.219. The van der Waals surface area contributed by atoms with E-state index < -0.39 is 0 Å². The van der Waals surface area contributed by atoms with Crippen molar-refractivity contribution in [1.29, 1.82) is 0 Å². The summed E-state index contributed by atoms with van der Waals surface area (Å²) in [6.07, 6.45) is 3.60. The second kappa shape index (κ2) is 4.01. The average molecular weight is 191 g/mol. The van der Waals surface area contributed by atoms with E-state index in [1.807, 2.05) is 12.1 Å². The van der Waals surface area contributed by atoms with E-state index >= 15 is 0 Å². The van der Waals surface area contributed by atoms with Crippen LogP contribution in [0.4, 0.5) is 0 Å². The molecule has 2 rings (SSSR count). The summed E-state index contributed by atoms with van der Waals surface area (Å²) in [5, 5.41) is 0. The van der Waals surface area contributed by atoms with E-state index in [2.05, 4.69) is 19.1 Å². The van der Waals surface area contributed by atoms with Gasteiger partial charge in [-0.25, -0.2) is 0 Å². The Balaban J connectivity index is 2.00. The predicted octanol–water partition coefficient (Wildman–Crippen LogP) is 2.25. The number of ether oxygens (including phenoxy) is 1. The van der Waals surface area contributed by atoms with Crippen molar-refractivity contribution < 1.29 is 4.74 Å². The standard InChI is InChI=1S/C12H17NO/c1-9-5-7-10(8-6-9)14-12-4-2-3-11(12)13/h5-8,11-12H,2-4,13H2,1H3. The molecule has 0 amide bonds. The molecule has 2 N–H and O–H groups in total. The van der Waals surface area contributed by atoms with Crippen LogP contribution in [0.5, 0.6) is 5.75 Å². The van der Waals surface area contributed by atoms with Gasteiger partial charge in [0.15, 0.2) is 0 Å². The van der Waals surface area contributed by atoms with Crippen LogP contribution < -0.4 is 10.5 Å². The minimum atomic E-state index is 0.219. The van der Waals surface area contributed by atoms with E-state index in [1.54, 1.807) is 0 Å². The summed E-state index contributed by atoms with van der Waals surface area (Å²) in [4.78, 5) is 0. The lowest BCUT2D eigenvalue weighted by Gasteiger charge is -2.17. The first-order valence-corrected chi connectivity index (χ1v) is 5.24. The van der Waals surface area contributed by atoms with Gasteiger partial charge in [0, 0.05) is 6.04 Å². The molecule has 1 aromatic carbocycles. The van der Waals surface area contributed by atoms with Gasteiger partial charge in [0.2, 0.25) is 0 Å². The molecule has 0 bridgehead atoms. The molecule has 0 aliphatic heterocycles. The second-order valence-corrected chi connectivity index (χ2v) is 4.06. The molecule has 0 aromatic heterocycles. The van der Waals surface area contributed by atoms with Crippen LogP contribution >= 0.6 is 0 Å². The van der Waals surface area contributed by atoms with Gasteiger partial charge in [0.05, 0.1) is 0 Å². The molecule has 1 aliphatic rings. The third-order valence-corrected chi connectivity index (χ3v) is 2.81. The largest absolute Gasteiger partial charge is 0.489 e. The number of nitrogens with two attached hydrogens (primary N) is 1. The van der Waals surface area contributed by atoms with Crippen molar-refractivity contribution in [2.24, 2.45) is 5.73 Å². The molecule has 1 aliphatic carbocycles. The first-order valence-electron chi connectivity index (χ1n) is 5.24. The lowest BCUT2D eigenvalue weighted by atomic mass is 10.2. The number of hydrogen-bond donors (Lipinski definition) is 1. The maximum absolute atomic E-state index is 5.93. The van der Waals surface area contributed by atoms with E-state index in [0.29, 0.717) is 0 Å². The van der Waals surface area contributed by atoms with E-state index in [4.69, 9.17) is 10.5 Å². The highest BCUT2D eigenvalue weighted by Gasteiger charge is 2.25. The second-order valence-electron chi connectivity index (χ2n) is 4.06. The molecule has 0 radical (unpaired) electrons. The van der Waals surface area contributed by atoms with Crippen molar-refractivity contribution in [3.63, 3.8) is 0 Å². The molecule has 1 fully saturated rings. The normalized spacial score (nSPS) is 26.4. The maximum Gasteiger partial charge on any atom is 0.119 e. The van der Waals surface area contributed by atoms with Crippen LogP contribution in [0.3, 0.4) is 0 Å². The van der Waals surface area contributed by atoms with Crippen LogP contribution in [0.2, 0.25) is 0 Å². The summed E-state index contributed by atoms with van der Waals surface area (Å²) in [5.74, 6) is 0.943. The van der Waals surface area contributed by atoms with Gasteiger partial charge >= 0.3 is 0 Å². The van der Waals surface area contributed by atoms with Crippen molar-refractivity contribution in [3.05, 3.63) is 29.8 Å². The average Bonchev–Trinajstić information content (AvgIpc) is 2.56. The topological polar surface area (TPSA) is 35.2 Å². The van der Waals surface area contributed by atoms with Crippen molar-refractivity contribution in [2.45, 2.75) is 38.3 Å². The van der Waals surface area contributed by atoms with E-state index in [-0.39, 0.29) is 12.1 Å². The van der Waals surface area contributed by atoms with Crippen molar-refractivity contribution in [1.82, 2.24) is 0 Å². The molecule has 0 heterocycles. The van der Waals surface area contributed by atoms with Gasteiger partial charge in [-0.3, -0.25) is 0 Å². The molecule has 14 heavy (non-hydrogen) atoms. The highest BCUT2D eigenvalue weighted by molar-refractivity contribution is 5.26. The Bertz CT molecular complexity index is 294. The van der Waals surface area contributed by atoms with E-state index in [0.717, 1.165) is 18.6 Å². The van der Waals surface area contributed by atoms with Crippen LogP contribution in [-0.2, 0) is 0 Å². The smallest absolute Gasteiger partial charge is 0.119 e. The quantitative estimate of drug-likeness (QED) is 0.778. The molecule has 1 aromatic rings. The van der Waals surface area contributed by atoms with Crippen molar-refractivity contribution in [3.8, 4) is 5.75 Å². The fourth-order valence-electron chi connectivity index (χ4n) is 1.89. The zero-order valence-electron chi connectivity index (χ0n) is 8.57. The van der Waals surface area contributed by atoms with Gasteiger partial charge in [-0.1, -0.05) is 17.7 Å². The van der Waals surface area contributed by atoms with Gasteiger partial charge < -0.3 is 10.5 Å². The van der Waals surface area contributed by atoms with Gasteiger partial charge in [-0.05, 0) is 38.3 Å². The van der Waals surface area contributed by atoms with Gasteiger partial charge in [0.1, 0.15) is 11.9 Å². The minimum Gasteiger partial charge on any atom is -0.489 e. The number of aryl methyl sites for hydroxylation is 1. The molecule has 0 spiro atoms. The summed E-state index contributed by atoms with van der Waals surface area (Å²) in [6.45, 7) is 2.07. The summed E-state index contributed by atoms with van der Waals surface area (Å²) in [6, 6.07) is 8.38. The first-order chi connectivity index (χ1) is 6.75. The molecule has 0 saturated heterocycles. The predicted molar refractivity (Wildman–Crippen MR) is 57.4 cm³/mol. The SMILES string of the molecule is Cc1ccc(OC2CCCC2N)cc1. The van der Waals surface area contributed by atoms with Crippen LogP contribution in [0.25, 0.3) is 0 Å². The molecule has 2 nitrogen and oxygen atoms in total. The zero-order valence-corrected chi connectivity index (χ0v) is 8.57. The van der Waals surface area contributed by atoms with Crippen molar-refractivity contribution >= 4 is 0 Å². The Morgan fingerprint density at radius 2 is 1.93 bits per heavy atom. The summed E-state index contributed by atoms with van der Waals surface area (Å²) in [7, 11) is 0. The van der Waals surface area contributed by atoms with Crippen LogP contribution in [-0.4, -0.2) is 12.1 Å². The number of benzene rings is 1. The van der Waals surface area contributed by atoms with Crippen LogP contribution in [0.1, 0.15) is 24.8 Å². The van der Waals surface area contributed by atoms with Crippen molar-refractivity contribution in [2.75, 3.05) is 0 Å². The van der Waals surface area contributed by atoms with Crippen LogP contribution in [0.15, 0.2) is 24.3 Å². The number of hydrogen-bond acceptors (Lipinski definition) is 2. The first kappa shape index (κ1) is 9.53. The Morgan fingerprint density at radius 3 is 2.50 bits per heavy atom. The monoisotopic (exact) mass is 191 g/mol. The highest BCUT2D eigenvalue weighted by Crippen LogP contribution is 2.23. The maximum atomic E-state index is 5.93. The number of rotatable bonds is 2. The van der Waals surface area contributed by atoms with Gasteiger partial charge in [-0.15, -0.1) is 0 Å². The fraction of sp³-hybridized carbons (Fsp3) is 0.500. The fourth-order valence-corrected chi connectivity index (χ4v) is 1.89. The third kappa shape index (κ3) is 2.07. The van der Waals surface area contributed by atoms with Gasteiger partial charge in [0.25, 0.3) is 0 Å². The third-order valence-electron chi connectivity index (χ3n) is 2.81. The van der Waals surface area contributed by atoms with Crippen LogP contribution in [0, 0.1) is 6.92 Å². The molecule has 2 heteroatoms. The molecule has 1 saturated carbocycles. The molecular weight excluding hydrogens is 174 g/mol. The molecular formula is C12H17NO. The lowest BCUT2D eigenvalue weighted by molar-refractivity contribution is 0.191. The molecule has 2 atom stereocenters. The Kier molecular flexibility index (Phi) is 2.73. The Labute approximate surface area is 85.1 Å². The van der Waals surface area contributed by atoms with E-state index in [1.165, 1.54) is 12.0 Å². The Morgan fingerprint density at radius 1 is 1.21 bits per heavy atom. The summed E-state index contributed by atoms with van der Waals surface area (Å²) >= 11 is 0. The Hall–Kier alpha value is -1.02. The van der Waals surface area contributed by atoms with E-state index in [9.17, 15) is 0 Å². The highest BCUT2D eigenvalue weighted by atomic mass is 16.5. The zero-order chi connectivity index (χ0) is 9.97. The summed E-state index contributed by atoms with van der Waals surface area (Å²) in [5.41, 5.74) is 7.19. The molecule has 2 unspecified atom stereocenters. The lowest BCUT2D eigenvalue weighted by Crippen LogP contribution is -2.33.